The summed E-state index contributed by atoms with van der Waals surface area (Å²) < 4.78 is 43.9. The zero-order chi connectivity index (χ0) is 38.3. The third-order valence-corrected chi connectivity index (χ3v) is 14.0. The lowest BCUT2D eigenvalue weighted by molar-refractivity contribution is 0.0995. The summed E-state index contributed by atoms with van der Waals surface area (Å²) in [6, 6.07) is 16.4. The fourth-order valence-corrected chi connectivity index (χ4v) is 10.4. The number of sulfone groups is 1. The quantitative estimate of drug-likeness (QED) is 0.258. The van der Waals surface area contributed by atoms with Crippen LogP contribution in [0.4, 0.5) is 9.59 Å². The van der Waals surface area contributed by atoms with Crippen LogP contribution >= 0.6 is 34.8 Å². The number of amidine groups is 1. The number of likely N-dealkylation sites (tertiary alicyclic amines) is 1. The number of piperidine rings is 1. The van der Waals surface area contributed by atoms with E-state index in [1.54, 1.807) is 41.0 Å². The molecule has 16 heteroatoms. The minimum Gasteiger partial charge on any atom is -0.493 e. The van der Waals surface area contributed by atoms with Crippen LogP contribution in [0, 0.1) is 0 Å². The molecule has 0 spiro atoms. The number of nitrogens with zero attached hydrogens (tertiary/aromatic N) is 3. The molecule has 2 N–H and O–H groups in total. The first-order valence-corrected chi connectivity index (χ1v) is 21.9. The van der Waals surface area contributed by atoms with Gasteiger partial charge in [0.05, 0.1) is 22.1 Å². The summed E-state index contributed by atoms with van der Waals surface area (Å²) in [5.41, 5.74) is -0.621. The fraction of sp³-hybridized carbons (Fsp3) is 0.432. The van der Waals surface area contributed by atoms with Gasteiger partial charge in [0.15, 0.2) is 9.84 Å². The minimum atomic E-state index is -3.81. The molecular weight excluding hydrogens is 781 g/mol. The van der Waals surface area contributed by atoms with Crippen LogP contribution in [-0.4, -0.2) is 89.9 Å². The normalized spacial score (nSPS) is 24.9. The third kappa shape index (κ3) is 7.78. The van der Waals surface area contributed by atoms with Crippen molar-refractivity contribution in [1.82, 2.24) is 20.4 Å². The van der Waals surface area contributed by atoms with Gasteiger partial charge < -0.3 is 20.3 Å². The SMILES string of the molecule is CCOc1cc(Cl)c(S(C)(=O)=O)cc1C1=NC(C)(c2ccc(Cl)cc2)C(C)(c2ccc(Cl)cc2)N1C(=O)N1CCC(NC(=O)NC2CCS(=O)C2)CC1. The van der Waals surface area contributed by atoms with Crippen molar-refractivity contribution < 1.29 is 27.0 Å². The number of nitrogens with one attached hydrogen (secondary N) is 2. The highest BCUT2D eigenvalue weighted by Gasteiger charge is 2.60. The first-order valence-electron chi connectivity index (χ1n) is 17.3. The molecule has 4 atom stereocenters. The fourth-order valence-electron chi connectivity index (χ4n) is 7.38. The molecule has 3 aliphatic rings. The Morgan fingerprint density at radius 2 is 1.51 bits per heavy atom. The number of amides is 4. The number of benzene rings is 3. The number of hydrogen-bond acceptors (Lipinski definition) is 7. The number of carbonyl (C=O) groups is 2. The summed E-state index contributed by atoms with van der Waals surface area (Å²) in [6.45, 7) is 6.54. The van der Waals surface area contributed by atoms with Gasteiger partial charge in [0, 0.05) is 69.8 Å². The molecule has 3 heterocycles. The predicted molar refractivity (Wildman–Crippen MR) is 210 cm³/mol. The van der Waals surface area contributed by atoms with Crippen molar-refractivity contribution in [1.29, 1.82) is 0 Å². The Kier molecular flexibility index (Phi) is 11.4. The first-order chi connectivity index (χ1) is 25.0. The van der Waals surface area contributed by atoms with Gasteiger partial charge in [-0.25, -0.2) is 18.0 Å². The number of ether oxygens (including phenoxy) is 1. The monoisotopic (exact) mass is 821 g/mol. The van der Waals surface area contributed by atoms with E-state index in [1.807, 2.05) is 38.1 Å². The largest absolute Gasteiger partial charge is 0.493 e. The number of carbonyl (C=O) groups excluding carboxylic acids is 2. The summed E-state index contributed by atoms with van der Waals surface area (Å²) in [5, 5.41) is 6.97. The van der Waals surface area contributed by atoms with Crippen molar-refractivity contribution in [2.24, 2.45) is 4.99 Å². The van der Waals surface area contributed by atoms with Crippen LogP contribution in [0.2, 0.25) is 15.1 Å². The van der Waals surface area contributed by atoms with E-state index in [-0.39, 0.29) is 57.8 Å². The van der Waals surface area contributed by atoms with Crippen molar-refractivity contribution >= 4 is 73.3 Å². The molecule has 3 aromatic rings. The molecule has 3 aliphatic heterocycles. The topological polar surface area (TPSA) is 137 Å². The Bertz CT molecular complexity index is 2060. The molecular formula is C37H42Cl3N5O6S2. The maximum atomic E-state index is 15.2. The van der Waals surface area contributed by atoms with Crippen molar-refractivity contribution in [3.63, 3.8) is 0 Å². The molecule has 53 heavy (non-hydrogen) atoms. The summed E-state index contributed by atoms with van der Waals surface area (Å²) >= 11 is 19.3. The van der Waals surface area contributed by atoms with E-state index in [0.29, 0.717) is 53.9 Å². The Labute approximate surface area is 327 Å². The van der Waals surface area contributed by atoms with Crippen LogP contribution < -0.4 is 15.4 Å². The Balaban J connectivity index is 1.44. The summed E-state index contributed by atoms with van der Waals surface area (Å²) in [4.78, 5) is 36.6. The second kappa shape index (κ2) is 15.4. The lowest BCUT2D eigenvalue weighted by atomic mass is 9.71. The molecule has 2 saturated heterocycles. The van der Waals surface area contributed by atoms with Crippen molar-refractivity contribution in [3.8, 4) is 5.75 Å². The molecule has 2 fully saturated rings. The van der Waals surface area contributed by atoms with Crippen LogP contribution in [0.25, 0.3) is 0 Å². The van der Waals surface area contributed by atoms with E-state index < -0.39 is 31.7 Å². The van der Waals surface area contributed by atoms with Gasteiger partial charge in [-0.1, -0.05) is 59.1 Å². The van der Waals surface area contributed by atoms with Gasteiger partial charge in [-0.05, 0) is 81.5 Å². The lowest BCUT2D eigenvalue weighted by Gasteiger charge is -2.47. The average molecular weight is 823 g/mol. The van der Waals surface area contributed by atoms with Crippen LogP contribution in [0.1, 0.15) is 56.7 Å². The molecule has 6 rings (SSSR count). The van der Waals surface area contributed by atoms with E-state index >= 15 is 4.79 Å². The summed E-state index contributed by atoms with van der Waals surface area (Å²) in [7, 11) is -4.73. The van der Waals surface area contributed by atoms with Gasteiger partial charge >= 0.3 is 12.1 Å². The molecule has 284 valence electrons. The average Bonchev–Trinajstić information content (AvgIpc) is 3.62. The van der Waals surface area contributed by atoms with Gasteiger partial charge in [0.2, 0.25) is 0 Å². The molecule has 0 radical (unpaired) electrons. The second-order valence-corrected chi connectivity index (χ2v) is 18.8. The molecule has 0 saturated carbocycles. The van der Waals surface area contributed by atoms with Gasteiger partial charge in [0.1, 0.15) is 22.7 Å². The summed E-state index contributed by atoms with van der Waals surface area (Å²) in [6.07, 6.45) is 2.73. The standard InChI is InChI=1S/C37H42Cl3N5O6S2/c1-5-51-31-21-30(40)32(53(4,49)50)20-29(31)33-43-36(2,23-6-10-25(38)11-7-23)37(3,24-8-12-26(39)13-9-24)45(33)35(47)44-17-14-27(15-18-44)41-34(46)42-28-16-19-52(48)22-28/h6-13,20-21,27-28H,5,14-19,22H2,1-4H3,(H2,41,42,46). The van der Waals surface area contributed by atoms with E-state index in [1.165, 1.54) is 12.1 Å². The molecule has 0 aliphatic carbocycles. The molecule has 0 aromatic heterocycles. The maximum Gasteiger partial charge on any atom is 0.326 e. The highest BCUT2D eigenvalue weighted by molar-refractivity contribution is 7.90. The molecule has 11 nitrogen and oxygen atoms in total. The van der Waals surface area contributed by atoms with Gasteiger partial charge in [-0.15, -0.1) is 0 Å². The number of halogens is 3. The van der Waals surface area contributed by atoms with Gasteiger partial charge in [-0.2, -0.15) is 0 Å². The number of hydrogen-bond donors (Lipinski definition) is 2. The van der Waals surface area contributed by atoms with Gasteiger partial charge in [-0.3, -0.25) is 14.1 Å². The second-order valence-electron chi connectivity index (χ2n) is 13.9. The molecule has 0 bridgehead atoms. The van der Waals surface area contributed by atoms with Crippen LogP contribution in [0.5, 0.6) is 5.75 Å². The minimum absolute atomic E-state index is 0.0168. The number of rotatable bonds is 8. The van der Waals surface area contributed by atoms with Crippen LogP contribution in [0.3, 0.4) is 0 Å². The van der Waals surface area contributed by atoms with Crippen LogP contribution in [-0.2, 0) is 31.7 Å². The Morgan fingerprint density at radius 1 is 0.925 bits per heavy atom. The highest BCUT2D eigenvalue weighted by atomic mass is 35.5. The summed E-state index contributed by atoms with van der Waals surface area (Å²) in [5.74, 6) is 1.49. The molecule has 4 unspecified atom stereocenters. The highest BCUT2D eigenvalue weighted by Crippen LogP contribution is 2.54. The lowest BCUT2D eigenvalue weighted by Crippen LogP contribution is -2.60. The van der Waals surface area contributed by atoms with Crippen molar-refractivity contribution in [3.05, 3.63) is 92.4 Å². The zero-order valence-corrected chi connectivity index (χ0v) is 33.7. The Hall–Kier alpha value is -3.36. The molecule has 4 amide bonds. The smallest absolute Gasteiger partial charge is 0.326 e. The molecule has 3 aromatic carbocycles. The van der Waals surface area contributed by atoms with E-state index in [9.17, 15) is 17.4 Å². The van der Waals surface area contributed by atoms with Crippen molar-refractivity contribution in [2.45, 2.75) is 68.1 Å². The number of aliphatic imine (C=N–C) groups is 1. The predicted octanol–water partition coefficient (Wildman–Crippen LogP) is 6.75. The third-order valence-electron chi connectivity index (χ3n) is 10.4. The van der Waals surface area contributed by atoms with Gasteiger partial charge in [0.25, 0.3) is 0 Å². The van der Waals surface area contributed by atoms with E-state index in [4.69, 9.17) is 44.5 Å². The van der Waals surface area contributed by atoms with Crippen molar-refractivity contribution in [2.75, 3.05) is 37.5 Å². The van der Waals surface area contributed by atoms with E-state index in [0.717, 1.165) is 17.4 Å². The first kappa shape index (κ1) is 39.3. The van der Waals surface area contributed by atoms with E-state index in [2.05, 4.69) is 10.6 Å². The zero-order valence-electron chi connectivity index (χ0n) is 29.8. The Morgan fingerprint density at radius 3 is 2.06 bits per heavy atom. The maximum absolute atomic E-state index is 15.2. The number of urea groups is 2. The van der Waals surface area contributed by atoms with Crippen LogP contribution in [0.15, 0.2) is 70.6 Å².